The summed E-state index contributed by atoms with van der Waals surface area (Å²) in [5.41, 5.74) is 1.34. The lowest BCUT2D eigenvalue weighted by atomic mass is 10.3. The number of carbonyl (C=O) groups is 1. The van der Waals surface area contributed by atoms with Crippen molar-refractivity contribution in [2.24, 2.45) is 0 Å². The fourth-order valence-electron chi connectivity index (χ4n) is 1.38. The second-order valence-corrected chi connectivity index (χ2v) is 4.61. The molecule has 0 saturated heterocycles. The van der Waals surface area contributed by atoms with E-state index in [1.54, 1.807) is 12.1 Å². The number of aromatic nitrogens is 2. The smallest absolute Gasteiger partial charge is 0.253 e. The Balaban J connectivity index is 1.98. The van der Waals surface area contributed by atoms with Crippen LogP contribution in [0.5, 0.6) is 0 Å². The first-order valence-electron chi connectivity index (χ1n) is 5.39. The molecule has 1 N–H and O–H groups in total. The lowest BCUT2D eigenvalue weighted by molar-refractivity contribution is 0.0946. The predicted octanol–water partition coefficient (Wildman–Crippen LogP) is 2.38. The third kappa shape index (κ3) is 2.95. The molecule has 0 fully saturated rings. The summed E-state index contributed by atoms with van der Waals surface area (Å²) in [4.78, 5) is 20.0. The number of aryl methyl sites for hydroxylation is 2. The molecule has 18 heavy (non-hydrogen) atoms. The maximum Gasteiger partial charge on any atom is 0.253 e. The lowest BCUT2D eigenvalue weighted by Crippen LogP contribution is -2.23. The summed E-state index contributed by atoms with van der Waals surface area (Å²) in [6.45, 7) is 3.97. The van der Waals surface area contributed by atoms with Crippen LogP contribution in [0.3, 0.4) is 0 Å². The molecule has 2 rings (SSSR count). The van der Waals surface area contributed by atoms with E-state index in [-0.39, 0.29) is 12.5 Å². The molecule has 0 aromatic carbocycles. The first-order chi connectivity index (χ1) is 8.56. The standard InChI is InChI=1S/C12H12BrN3O2/c1-7-8(2)18-11(16-7)6-15-12(17)9-3-4-10(13)14-5-9/h3-5H,6H2,1-2H3,(H,15,17). The van der Waals surface area contributed by atoms with Gasteiger partial charge in [0, 0.05) is 6.20 Å². The van der Waals surface area contributed by atoms with Gasteiger partial charge in [0.25, 0.3) is 5.91 Å². The second-order valence-electron chi connectivity index (χ2n) is 3.80. The summed E-state index contributed by atoms with van der Waals surface area (Å²) >= 11 is 3.21. The summed E-state index contributed by atoms with van der Waals surface area (Å²) < 4.78 is 6.06. The maximum absolute atomic E-state index is 11.8. The van der Waals surface area contributed by atoms with Gasteiger partial charge in [-0.3, -0.25) is 4.79 Å². The number of nitrogens with zero attached hydrogens (tertiary/aromatic N) is 2. The number of carbonyl (C=O) groups excluding carboxylic acids is 1. The van der Waals surface area contributed by atoms with Crippen LogP contribution in [0, 0.1) is 13.8 Å². The first-order valence-corrected chi connectivity index (χ1v) is 6.18. The van der Waals surface area contributed by atoms with Crippen molar-refractivity contribution >= 4 is 21.8 Å². The summed E-state index contributed by atoms with van der Waals surface area (Å²) in [6, 6.07) is 3.41. The highest BCUT2D eigenvalue weighted by atomic mass is 79.9. The highest BCUT2D eigenvalue weighted by Gasteiger charge is 2.09. The van der Waals surface area contributed by atoms with Crippen LogP contribution in [0.25, 0.3) is 0 Å². The molecular formula is C12H12BrN3O2. The molecule has 6 heteroatoms. The van der Waals surface area contributed by atoms with Crippen LogP contribution in [-0.2, 0) is 6.54 Å². The van der Waals surface area contributed by atoms with Crippen molar-refractivity contribution in [2.75, 3.05) is 0 Å². The van der Waals surface area contributed by atoms with Crippen LogP contribution in [0.15, 0.2) is 27.3 Å². The highest BCUT2D eigenvalue weighted by molar-refractivity contribution is 9.10. The zero-order valence-electron chi connectivity index (χ0n) is 10.0. The Hall–Kier alpha value is -1.69. The first kappa shape index (κ1) is 12.8. The number of amides is 1. The van der Waals surface area contributed by atoms with Crippen molar-refractivity contribution in [3.8, 4) is 0 Å². The van der Waals surface area contributed by atoms with Crippen molar-refractivity contribution < 1.29 is 9.21 Å². The topological polar surface area (TPSA) is 68.0 Å². The fraction of sp³-hybridized carbons (Fsp3) is 0.250. The van der Waals surface area contributed by atoms with E-state index >= 15 is 0 Å². The molecule has 0 aliphatic carbocycles. The van der Waals surface area contributed by atoms with Crippen LogP contribution < -0.4 is 5.32 Å². The molecule has 5 nitrogen and oxygen atoms in total. The van der Waals surface area contributed by atoms with E-state index in [0.717, 1.165) is 11.5 Å². The van der Waals surface area contributed by atoms with Gasteiger partial charge in [-0.15, -0.1) is 0 Å². The normalized spacial score (nSPS) is 10.4. The molecule has 2 heterocycles. The monoisotopic (exact) mass is 309 g/mol. The van der Waals surface area contributed by atoms with Crippen LogP contribution in [0.2, 0.25) is 0 Å². The molecule has 2 aromatic heterocycles. The molecule has 0 radical (unpaired) electrons. The van der Waals surface area contributed by atoms with Gasteiger partial charge in [-0.25, -0.2) is 9.97 Å². The lowest BCUT2D eigenvalue weighted by Gasteiger charge is -2.02. The zero-order chi connectivity index (χ0) is 13.1. The van der Waals surface area contributed by atoms with E-state index in [4.69, 9.17) is 4.42 Å². The van der Waals surface area contributed by atoms with Crippen molar-refractivity contribution in [1.29, 1.82) is 0 Å². The summed E-state index contributed by atoms with van der Waals surface area (Å²) in [6.07, 6.45) is 1.51. The molecule has 0 unspecified atom stereocenters. The zero-order valence-corrected chi connectivity index (χ0v) is 11.6. The molecule has 0 atom stereocenters. The molecule has 0 aliphatic heterocycles. The Labute approximate surface area is 113 Å². The van der Waals surface area contributed by atoms with Gasteiger partial charge in [0.15, 0.2) is 0 Å². The van der Waals surface area contributed by atoms with E-state index in [1.807, 2.05) is 13.8 Å². The van der Waals surface area contributed by atoms with E-state index in [1.165, 1.54) is 6.20 Å². The number of halogens is 1. The number of nitrogens with one attached hydrogen (secondary N) is 1. The number of rotatable bonds is 3. The quantitative estimate of drug-likeness (QED) is 0.884. The van der Waals surface area contributed by atoms with E-state index in [2.05, 4.69) is 31.2 Å². The van der Waals surface area contributed by atoms with Crippen LogP contribution >= 0.6 is 15.9 Å². The van der Waals surface area contributed by atoms with Crippen molar-refractivity contribution in [1.82, 2.24) is 15.3 Å². The SMILES string of the molecule is Cc1nc(CNC(=O)c2ccc(Br)nc2)oc1C. The second kappa shape index (κ2) is 5.30. The fourth-order valence-corrected chi connectivity index (χ4v) is 1.62. The largest absolute Gasteiger partial charge is 0.444 e. The van der Waals surface area contributed by atoms with Gasteiger partial charge in [-0.05, 0) is 41.9 Å². The Morgan fingerprint density at radius 1 is 1.44 bits per heavy atom. The number of hydrogen-bond donors (Lipinski definition) is 1. The van der Waals surface area contributed by atoms with Gasteiger partial charge in [0.2, 0.25) is 5.89 Å². The third-order valence-corrected chi connectivity index (χ3v) is 2.93. The molecule has 0 bridgehead atoms. The van der Waals surface area contributed by atoms with Gasteiger partial charge in [0.1, 0.15) is 10.4 Å². The molecule has 2 aromatic rings. The Kier molecular flexibility index (Phi) is 3.76. The molecule has 0 spiro atoms. The molecule has 1 amide bonds. The minimum atomic E-state index is -0.205. The molecule has 0 saturated carbocycles. The Bertz CT molecular complexity index is 544. The summed E-state index contributed by atoms with van der Waals surface area (Å²) in [7, 11) is 0. The van der Waals surface area contributed by atoms with Crippen LogP contribution in [-0.4, -0.2) is 15.9 Å². The Morgan fingerprint density at radius 2 is 2.22 bits per heavy atom. The maximum atomic E-state index is 11.8. The third-order valence-electron chi connectivity index (χ3n) is 2.46. The van der Waals surface area contributed by atoms with Crippen LogP contribution in [0.4, 0.5) is 0 Å². The number of hydrogen-bond acceptors (Lipinski definition) is 4. The van der Waals surface area contributed by atoms with Crippen molar-refractivity contribution in [2.45, 2.75) is 20.4 Å². The van der Waals surface area contributed by atoms with Gasteiger partial charge < -0.3 is 9.73 Å². The van der Waals surface area contributed by atoms with Crippen molar-refractivity contribution in [3.63, 3.8) is 0 Å². The highest BCUT2D eigenvalue weighted by Crippen LogP contribution is 2.09. The van der Waals surface area contributed by atoms with E-state index in [9.17, 15) is 4.79 Å². The van der Waals surface area contributed by atoms with E-state index < -0.39 is 0 Å². The minimum Gasteiger partial charge on any atom is -0.444 e. The van der Waals surface area contributed by atoms with Gasteiger partial charge in [0.05, 0.1) is 17.8 Å². The Morgan fingerprint density at radius 3 is 2.78 bits per heavy atom. The van der Waals surface area contributed by atoms with E-state index in [0.29, 0.717) is 16.1 Å². The van der Waals surface area contributed by atoms with Gasteiger partial charge in [-0.1, -0.05) is 0 Å². The average Bonchev–Trinajstić information content (AvgIpc) is 2.67. The average molecular weight is 310 g/mol. The summed E-state index contributed by atoms with van der Waals surface area (Å²) in [5.74, 6) is 1.07. The van der Waals surface area contributed by atoms with Gasteiger partial charge in [-0.2, -0.15) is 0 Å². The predicted molar refractivity (Wildman–Crippen MR) is 69.1 cm³/mol. The minimum absolute atomic E-state index is 0.205. The van der Waals surface area contributed by atoms with Gasteiger partial charge >= 0.3 is 0 Å². The molecular weight excluding hydrogens is 298 g/mol. The van der Waals surface area contributed by atoms with Crippen LogP contribution in [0.1, 0.15) is 27.7 Å². The number of pyridine rings is 1. The molecule has 0 aliphatic rings. The molecule has 94 valence electrons. The summed E-state index contributed by atoms with van der Waals surface area (Å²) in [5, 5.41) is 2.72. The van der Waals surface area contributed by atoms with Crippen molar-refractivity contribution in [3.05, 3.63) is 45.8 Å². The number of oxazole rings is 1.